The third-order valence-electron chi connectivity index (χ3n) is 5.55. The zero-order valence-electron chi connectivity index (χ0n) is 13.4. The summed E-state index contributed by atoms with van der Waals surface area (Å²) in [5, 5.41) is 0. The molecular formula is C18H28. The Hall–Kier alpha value is -0.780. The van der Waals surface area contributed by atoms with Gasteiger partial charge in [0.05, 0.1) is 0 Å². The van der Waals surface area contributed by atoms with Crippen LogP contribution in [0.3, 0.4) is 0 Å². The summed E-state index contributed by atoms with van der Waals surface area (Å²) in [6, 6.07) is 0. The van der Waals surface area contributed by atoms with E-state index in [4.69, 9.17) is 0 Å². The molecule has 0 aliphatic heterocycles. The third-order valence-corrected chi connectivity index (χ3v) is 5.55. The van der Waals surface area contributed by atoms with E-state index >= 15 is 0 Å². The first-order chi connectivity index (χ1) is 8.18. The van der Waals surface area contributed by atoms with Crippen molar-refractivity contribution in [2.45, 2.75) is 73.1 Å². The molecule has 0 radical (unpaired) electrons. The number of rotatable bonds is 0. The van der Waals surface area contributed by atoms with Crippen molar-refractivity contribution in [2.75, 3.05) is 0 Å². The van der Waals surface area contributed by atoms with E-state index in [-0.39, 0.29) is 0 Å². The summed E-state index contributed by atoms with van der Waals surface area (Å²) in [7, 11) is 0. The third kappa shape index (κ3) is 1.73. The number of hydrogen-bond acceptors (Lipinski definition) is 0. The van der Waals surface area contributed by atoms with Gasteiger partial charge in [0, 0.05) is 0 Å². The van der Waals surface area contributed by atoms with Gasteiger partial charge >= 0.3 is 0 Å². The van der Waals surface area contributed by atoms with Crippen molar-refractivity contribution in [1.29, 1.82) is 0 Å². The van der Waals surface area contributed by atoms with Gasteiger partial charge in [0.25, 0.3) is 0 Å². The molecule has 0 heterocycles. The Morgan fingerprint density at radius 2 is 1.33 bits per heavy atom. The van der Waals surface area contributed by atoms with Gasteiger partial charge in [0.15, 0.2) is 0 Å². The van der Waals surface area contributed by atoms with E-state index in [2.05, 4.69) is 55.4 Å². The molecule has 0 saturated heterocycles. The van der Waals surface area contributed by atoms with E-state index in [0.717, 1.165) is 5.92 Å². The summed E-state index contributed by atoms with van der Waals surface area (Å²) in [6.45, 7) is 18.9. The minimum atomic E-state index is 0.328. The number of benzene rings is 1. The minimum Gasteiger partial charge on any atom is -0.0619 e. The molecular weight excluding hydrogens is 216 g/mol. The molecule has 18 heavy (non-hydrogen) atoms. The van der Waals surface area contributed by atoms with Gasteiger partial charge < -0.3 is 0 Å². The van der Waals surface area contributed by atoms with Crippen LogP contribution >= 0.6 is 0 Å². The lowest BCUT2D eigenvalue weighted by atomic mass is 9.61. The average molecular weight is 244 g/mol. The first kappa shape index (κ1) is 13.6. The Morgan fingerprint density at radius 1 is 0.833 bits per heavy atom. The van der Waals surface area contributed by atoms with Crippen LogP contribution in [-0.4, -0.2) is 0 Å². The smallest absolute Gasteiger partial charge is 0.00951 e. The highest BCUT2D eigenvalue weighted by Gasteiger charge is 2.38. The van der Waals surface area contributed by atoms with Crippen molar-refractivity contribution < 1.29 is 0 Å². The van der Waals surface area contributed by atoms with Crippen molar-refractivity contribution in [3.8, 4) is 0 Å². The van der Waals surface area contributed by atoms with Gasteiger partial charge in [-0.2, -0.15) is 0 Å². The normalized spacial score (nSPS) is 26.0. The van der Waals surface area contributed by atoms with Crippen LogP contribution in [0, 0.1) is 33.6 Å². The SMILES string of the molecule is Cc1c(C)c(C)c2c(c1C)C(C)C(C)CC2(C)C. The van der Waals surface area contributed by atoms with E-state index in [1.165, 1.54) is 23.1 Å². The fourth-order valence-corrected chi connectivity index (χ4v) is 4.15. The van der Waals surface area contributed by atoms with Crippen LogP contribution < -0.4 is 0 Å². The van der Waals surface area contributed by atoms with Gasteiger partial charge in [-0.25, -0.2) is 0 Å². The molecule has 0 aromatic heterocycles. The zero-order chi connectivity index (χ0) is 13.8. The van der Waals surface area contributed by atoms with Crippen LogP contribution in [0.15, 0.2) is 0 Å². The van der Waals surface area contributed by atoms with Gasteiger partial charge in [-0.15, -0.1) is 0 Å². The number of fused-ring (bicyclic) bond motifs is 1. The van der Waals surface area contributed by atoms with E-state index in [1.807, 2.05) is 0 Å². The molecule has 2 rings (SSSR count). The van der Waals surface area contributed by atoms with E-state index in [9.17, 15) is 0 Å². The molecule has 2 unspecified atom stereocenters. The molecule has 0 amide bonds. The maximum Gasteiger partial charge on any atom is -0.00951 e. The molecule has 2 atom stereocenters. The summed E-state index contributed by atoms with van der Waals surface area (Å²) < 4.78 is 0. The average Bonchev–Trinajstić information content (AvgIpc) is 2.27. The maximum absolute atomic E-state index is 2.43. The van der Waals surface area contributed by atoms with Gasteiger partial charge in [-0.05, 0) is 84.7 Å². The Morgan fingerprint density at radius 3 is 1.89 bits per heavy atom. The Bertz CT molecular complexity index is 491. The van der Waals surface area contributed by atoms with Crippen LogP contribution in [0.25, 0.3) is 0 Å². The second-order valence-corrected chi connectivity index (χ2v) is 7.14. The number of hydrogen-bond donors (Lipinski definition) is 0. The Kier molecular flexibility index (Phi) is 3.12. The van der Waals surface area contributed by atoms with Crippen molar-refractivity contribution in [3.63, 3.8) is 0 Å². The van der Waals surface area contributed by atoms with E-state index < -0.39 is 0 Å². The molecule has 0 spiro atoms. The molecule has 0 saturated carbocycles. The molecule has 0 N–H and O–H groups in total. The lowest BCUT2D eigenvalue weighted by molar-refractivity contribution is 0.307. The van der Waals surface area contributed by atoms with E-state index in [1.54, 1.807) is 16.7 Å². The first-order valence-corrected chi connectivity index (χ1v) is 7.29. The van der Waals surface area contributed by atoms with Crippen molar-refractivity contribution in [2.24, 2.45) is 5.92 Å². The van der Waals surface area contributed by atoms with Gasteiger partial charge in [0.1, 0.15) is 0 Å². The maximum atomic E-state index is 2.43. The topological polar surface area (TPSA) is 0 Å². The van der Waals surface area contributed by atoms with Gasteiger partial charge in [0.2, 0.25) is 0 Å². The van der Waals surface area contributed by atoms with Crippen LogP contribution in [0.5, 0.6) is 0 Å². The lowest BCUT2D eigenvalue weighted by Crippen LogP contribution is -2.33. The molecule has 1 aromatic rings. The summed E-state index contributed by atoms with van der Waals surface area (Å²) in [5.41, 5.74) is 9.71. The molecule has 1 aromatic carbocycles. The molecule has 0 nitrogen and oxygen atoms in total. The largest absolute Gasteiger partial charge is 0.0619 e. The Balaban J connectivity index is 2.86. The van der Waals surface area contributed by atoms with E-state index in [0.29, 0.717) is 11.3 Å². The zero-order valence-corrected chi connectivity index (χ0v) is 13.4. The van der Waals surface area contributed by atoms with Crippen molar-refractivity contribution in [1.82, 2.24) is 0 Å². The highest BCUT2D eigenvalue weighted by molar-refractivity contribution is 5.55. The summed E-state index contributed by atoms with van der Waals surface area (Å²) in [4.78, 5) is 0. The highest BCUT2D eigenvalue weighted by atomic mass is 14.4. The summed E-state index contributed by atoms with van der Waals surface area (Å²) in [5.74, 6) is 1.48. The van der Waals surface area contributed by atoms with Crippen molar-refractivity contribution >= 4 is 0 Å². The molecule has 0 heteroatoms. The Labute approximate surface area is 113 Å². The lowest BCUT2D eigenvalue weighted by Gasteiger charge is -2.43. The summed E-state index contributed by atoms with van der Waals surface area (Å²) >= 11 is 0. The van der Waals surface area contributed by atoms with Crippen LogP contribution in [0.4, 0.5) is 0 Å². The standard InChI is InChI=1S/C18H28/c1-10-9-18(7,8)17-15(6)13(4)12(3)14(5)16(17)11(10)2/h10-11H,9H2,1-8H3. The molecule has 1 aliphatic carbocycles. The second-order valence-electron chi connectivity index (χ2n) is 7.14. The monoisotopic (exact) mass is 244 g/mol. The van der Waals surface area contributed by atoms with Crippen molar-refractivity contribution in [3.05, 3.63) is 33.4 Å². The van der Waals surface area contributed by atoms with Crippen LogP contribution in [0.2, 0.25) is 0 Å². The van der Waals surface area contributed by atoms with Gasteiger partial charge in [-0.3, -0.25) is 0 Å². The predicted octanol–water partition coefficient (Wildman–Crippen LogP) is 5.34. The summed E-state index contributed by atoms with van der Waals surface area (Å²) in [6.07, 6.45) is 1.31. The molecule has 0 fully saturated rings. The molecule has 1 aliphatic rings. The highest BCUT2D eigenvalue weighted by Crippen LogP contribution is 2.49. The second kappa shape index (κ2) is 4.11. The molecule has 0 bridgehead atoms. The molecule has 100 valence electrons. The van der Waals surface area contributed by atoms with Crippen LogP contribution in [-0.2, 0) is 5.41 Å². The quantitative estimate of drug-likeness (QED) is 0.578. The first-order valence-electron chi connectivity index (χ1n) is 7.29. The fraction of sp³-hybridized carbons (Fsp3) is 0.667. The fourth-order valence-electron chi connectivity index (χ4n) is 4.15. The predicted molar refractivity (Wildman–Crippen MR) is 80.6 cm³/mol. The minimum absolute atomic E-state index is 0.328. The van der Waals surface area contributed by atoms with Gasteiger partial charge in [-0.1, -0.05) is 27.7 Å². The van der Waals surface area contributed by atoms with Crippen LogP contribution in [0.1, 0.15) is 73.4 Å².